The van der Waals surface area contributed by atoms with Crippen molar-refractivity contribution in [3.8, 4) is 0 Å². The molecule has 14 heavy (non-hydrogen) atoms. The standard InChI is InChI=1S/C10H11BrO2S/c1-14-6-9(10(12)13)7-3-2-4-8(11)5-7/h2-5,9H,6H2,1H3,(H,12,13). The summed E-state index contributed by atoms with van der Waals surface area (Å²) in [6.07, 6.45) is 1.91. The SMILES string of the molecule is CSCC(C(=O)O)c1cccc(Br)c1. The Hall–Kier alpha value is -0.480. The lowest BCUT2D eigenvalue weighted by atomic mass is 10.0. The summed E-state index contributed by atoms with van der Waals surface area (Å²) in [4.78, 5) is 11.0. The molecule has 1 rings (SSSR count). The van der Waals surface area contributed by atoms with Crippen LogP contribution in [0.3, 0.4) is 0 Å². The fourth-order valence-electron chi connectivity index (χ4n) is 1.20. The molecular weight excluding hydrogens is 264 g/mol. The van der Waals surface area contributed by atoms with Crippen molar-refractivity contribution in [1.29, 1.82) is 0 Å². The van der Waals surface area contributed by atoms with Crippen molar-refractivity contribution in [2.24, 2.45) is 0 Å². The van der Waals surface area contributed by atoms with E-state index in [0.717, 1.165) is 10.0 Å². The molecule has 0 saturated heterocycles. The predicted molar refractivity (Wildman–Crippen MR) is 62.9 cm³/mol. The lowest BCUT2D eigenvalue weighted by molar-refractivity contribution is -0.138. The molecule has 0 aromatic heterocycles. The van der Waals surface area contributed by atoms with Gasteiger partial charge in [-0.3, -0.25) is 4.79 Å². The van der Waals surface area contributed by atoms with Gasteiger partial charge in [0.25, 0.3) is 0 Å². The lowest BCUT2D eigenvalue weighted by Gasteiger charge is -2.11. The van der Waals surface area contributed by atoms with Crippen molar-refractivity contribution >= 4 is 33.7 Å². The van der Waals surface area contributed by atoms with Gasteiger partial charge in [0.05, 0.1) is 5.92 Å². The molecule has 1 unspecified atom stereocenters. The van der Waals surface area contributed by atoms with Crippen LogP contribution in [0.15, 0.2) is 28.7 Å². The van der Waals surface area contributed by atoms with Gasteiger partial charge in [0.2, 0.25) is 0 Å². The molecule has 0 aliphatic heterocycles. The molecule has 1 N–H and O–H groups in total. The summed E-state index contributed by atoms with van der Waals surface area (Å²) in [5.74, 6) is -0.578. The number of carboxylic acids is 1. The Labute approximate surface area is 95.8 Å². The molecule has 1 aromatic carbocycles. The highest BCUT2D eigenvalue weighted by Gasteiger charge is 2.18. The number of halogens is 1. The van der Waals surface area contributed by atoms with E-state index in [4.69, 9.17) is 5.11 Å². The first-order chi connectivity index (χ1) is 6.65. The molecule has 0 aliphatic rings. The predicted octanol–water partition coefficient (Wildman–Crippen LogP) is 2.98. The minimum absolute atomic E-state index is 0.414. The second-order valence-corrected chi connectivity index (χ2v) is 4.73. The molecule has 1 atom stereocenters. The quantitative estimate of drug-likeness (QED) is 0.917. The monoisotopic (exact) mass is 274 g/mol. The van der Waals surface area contributed by atoms with Gasteiger partial charge in [-0.25, -0.2) is 0 Å². The van der Waals surface area contributed by atoms with Crippen molar-refractivity contribution in [2.75, 3.05) is 12.0 Å². The Morgan fingerprint density at radius 1 is 1.64 bits per heavy atom. The summed E-state index contributed by atoms with van der Waals surface area (Å²) in [6, 6.07) is 7.45. The first kappa shape index (κ1) is 11.6. The number of rotatable bonds is 4. The molecule has 0 aliphatic carbocycles. The molecule has 0 bridgehead atoms. The van der Waals surface area contributed by atoms with E-state index in [9.17, 15) is 4.79 Å². The Kier molecular flexibility index (Phi) is 4.48. The maximum absolute atomic E-state index is 11.0. The van der Waals surface area contributed by atoms with Crippen molar-refractivity contribution in [3.05, 3.63) is 34.3 Å². The van der Waals surface area contributed by atoms with Crippen LogP contribution in [0.25, 0.3) is 0 Å². The number of benzene rings is 1. The normalized spacial score (nSPS) is 12.4. The third kappa shape index (κ3) is 3.03. The van der Waals surface area contributed by atoms with Gasteiger partial charge < -0.3 is 5.11 Å². The van der Waals surface area contributed by atoms with Gasteiger partial charge >= 0.3 is 5.97 Å². The van der Waals surface area contributed by atoms with Crippen molar-refractivity contribution in [2.45, 2.75) is 5.92 Å². The third-order valence-corrected chi connectivity index (χ3v) is 3.04. The van der Waals surface area contributed by atoms with E-state index in [1.54, 1.807) is 11.8 Å². The summed E-state index contributed by atoms with van der Waals surface area (Å²) in [5.41, 5.74) is 0.848. The van der Waals surface area contributed by atoms with Gasteiger partial charge in [-0.1, -0.05) is 28.1 Å². The van der Waals surface area contributed by atoms with Crippen molar-refractivity contribution in [3.63, 3.8) is 0 Å². The van der Waals surface area contributed by atoms with Crippen LogP contribution in [0.2, 0.25) is 0 Å². The summed E-state index contributed by atoms with van der Waals surface area (Å²) in [7, 11) is 0. The third-order valence-electron chi connectivity index (χ3n) is 1.88. The first-order valence-electron chi connectivity index (χ1n) is 4.12. The number of aliphatic carboxylic acids is 1. The maximum Gasteiger partial charge on any atom is 0.311 e. The highest BCUT2D eigenvalue weighted by molar-refractivity contribution is 9.10. The average Bonchev–Trinajstić information content (AvgIpc) is 2.13. The van der Waals surface area contributed by atoms with Gasteiger partial charge in [0.15, 0.2) is 0 Å². The van der Waals surface area contributed by atoms with Crippen LogP contribution in [0, 0.1) is 0 Å². The van der Waals surface area contributed by atoms with Crippen LogP contribution in [0.5, 0.6) is 0 Å². The van der Waals surface area contributed by atoms with E-state index in [2.05, 4.69) is 15.9 Å². The van der Waals surface area contributed by atoms with Gasteiger partial charge in [0, 0.05) is 10.2 Å². The van der Waals surface area contributed by atoms with Crippen LogP contribution < -0.4 is 0 Å². The van der Waals surface area contributed by atoms with Crippen LogP contribution in [0.1, 0.15) is 11.5 Å². The van der Waals surface area contributed by atoms with E-state index in [1.807, 2.05) is 30.5 Å². The largest absolute Gasteiger partial charge is 0.481 e. The van der Waals surface area contributed by atoms with E-state index in [0.29, 0.717) is 5.75 Å². The Morgan fingerprint density at radius 2 is 2.36 bits per heavy atom. The maximum atomic E-state index is 11.0. The molecule has 0 heterocycles. The summed E-state index contributed by atoms with van der Waals surface area (Å²) in [5, 5.41) is 9.02. The van der Waals surface area contributed by atoms with Crippen LogP contribution in [-0.4, -0.2) is 23.1 Å². The molecule has 4 heteroatoms. The van der Waals surface area contributed by atoms with Gasteiger partial charge in [-0.05, 0) is 24.0 Å². The highest BCUT2D eigenvalue weighted by Crippen LogP contribution is 2.23. The van der Waals surface area contributed by atoms with Crippen LogP contribution >= 0.6 is 27.7 Å². The lowest BCUT2D eigenvalue weighted by Crippen LogP contribution is -2.13. The fraction of sp³-hybridized carbons (Fsp3) is 0.300. The highest BCUT2D eigenvalue weighted by atomic mass is 79.9. The second-order valence-electron chi connectivity index (χ2n) is 2.90. The van der Waals surface area contributed by atoms with E-state index in [1.165, 1.54) is 0 Å². The zero-order valence-electron chi connectivity index (χ0n) is 7.74. The zero-order chi connectivity index (χ0) is 10.6. The summed E-state index contributed by atoms with van der Waals surface area (Å²) in [6.45, 7) is 0. The molecule has 0 fully saturated rings. The van der Waals surface area contributed by atoms with E-state index < -0.39 is 11.9 Å². The second kappa shape index (κ2) is 5.41. The summed E-state index contributed by atoms with van der Waals surface area (Å²) >= 11 is 4.87. The van der Waals surface area contributed by atoms with Crippen molar-refractivity contribution < 1.29 is 9.90 Å². The fourth-order valence-corrected chi connectivity index (χ4v) is 2.29. The topological polar surface area (TPSA) is 37.3 Å². The molecule has 1 aromatic rings. The Bertz CT molecular complexity index is 328. The molecule has 0 radical (unpaired) electrons. The van der Waals surface area contributed by atoms with E-state index >= 15 is 0 Å². The molecule has 0 amide bonds. The minimum Gasteiger partial charge on any atom is -0.481 e. The molecule has 0 spiro atoms. The number of carboxylic acid groups (broad SMARTS) is 1. The molecular formula is C10H11BrO2S. The smallest absolute Gasteiger partial charge is 0.311 e. The first-order valence-corrected chi connectivity index (χ1v) is 6.31. The number of hydrogen-bond acceptors (Lipinski definition) is 2. The molecule has 0 saturated carbocycles. The van der Waals surface area contributed by atoms with Gasteiger partial charge in [-0.15, -0.1) is 0 Å². The molecule has 76 valence electrons. The minimum atomic E-state index is -0.766. The zero-order valence-corrected chi connectivity index (χ0v) is 10.1. The van der Waals surface area contributed by atoms with Gasteiger partial charge in [0.1, 0.15) is 0 Å². The number of carbonyl (C=O) groups is 1. The van der Waals surface area contributed by atoms with Gasteiger partial charge in [-0.2, -0.15) is 11.8 Å². The molecule has 2 nitrogen and oxygen atoms in total. The van der Waals surface area contributed by atoms with E-state index in [-0.39, 0.29) is 0 Å². The van der Waals surface area contributed by atoms with Crippen LogP contribution in [0.4, 0.5) is 0 Å². The van der Waals surface area contributed by atoms with Crippen LogP contribution in [-0.2, 0) is 4.79 Å². The average molecular weight is 275 g/mol. The number of thioether (sulfide) groups is 1. The summed E-state index contributed by atoms with van der Waals surface area (Å²) < 4.78 is 0.919. The Morgan fingerprint density at radius 3 is 2.86 bits per heavy atom. The number of hydrogen-bond donors (Lipinski definition) is 1. The Balaban J connectivity index is 2.93. The van der Waals surface area contributed by atoms with Crippen molar-refractivity contribution in [1.82, 2.24) is 0 Å².